The Labute approximate surface area is 257 Å². The van der Waals surface area contributed by atoms with Crippen LogP contribution in [0.3, 0.4) is 0 Å². The quantitative estimate of drug-likeness (QED) is 0.214. The number of fused-ring (bicyclic) bond motifs is 3. The molecule has 0 aliphatic heterocycles. The van der Waals surface area contributed by atoms with Crippen LogP contribution in [0, 0.1) is 0 Å². The molecule has 0 radical (unpaired) electrons. The van der Waals surface area contributed by atoms with Crippen LogP contribution in [0.15, 0.2) is 176 Å². The third-order valence-corrected chi connectivity index (χ3v) is 8.41. The number of nitrogens with one attached hydrogen (secondary N) is 1. The highest BCUT2D eigenvalue weighted by molar-refractivity contribution is 6.16. The molecule has 7 aromatic carbocycles. The Bertz CT molecular complexity index is 2160. The zero-order valence-electron chi connectivity index (χ0n) is 24.2. The van der Waals surface area contributed by atoms with Crippen molar-refractivity contribution in [3.05, 3.63) is 176 Å². The molecule has 2 heteroatoms. The zero-order chi connectivity index (χ0) is 29.3. The van der Waals surface area contributed by atoms with Crippen LogP contribution in [0.4, 0.5) is 17.1 Å². The van der Waals surface area contributed by atoms with Crippen molar-refractivity contribution in [2.45, 2.75) is 0 Å². The van der Waals surface area contributed by atoms with Gasteiger partial charge in [-0.3, -0.25) is 0 Å². The van der Waals surface area contributed by atoms with Crippen molar-refractivity contribution in [1.82, 2.24) is 4.98 Å². The first-order chi connectivity index (χ1) is 21.9. The summed E-state index contributed by atoms with van der Waals surface area (Å²) in [5, 5.41) is 2.45. The molecule has 0 bridgehead atoms. The van der Waals surface area contributed by atoms with Gasteiger partial charge in [0.05, 0.1) is 11.2 Å². The van der Waals surface area contributed by atoms with Crippen molar-refractivity contribution in [3.63, 3.8) is 0 Å². The lowest BCUT2D eigenvalue weighted by Gasteiger charge is -2.31. The fourth-order valence-corrected chi connectivity index (χ4v) is 6.45. The van der Waals surface area contributed by atoms with Crippen LogP contribution in [0.25, 0.3) is 55.2 Å². The molecular weight excluding hydrogens is 532 g/mol. The lowest BCUT2D eigenvalue weighted by atomic mass is 9.88. The van der Waals surface area contributed by atoms with E-state index in [0.29, 0.717) is 0 Å². The first kappa shape index (κ1) is 25.8. The van der Waals surface area contributed by atoms with E-state index < -0.39 is 0 Å². The predicted molar refractivity (Wildman–Crippen MR) is 187 cm³/mol. The standard InChI is InChI=1S/C42H30N2/c1-5-16-30(17-6-1)34-28-29-37-36-24-13-14-27-39(36)43-41(37)40(34)38-26-15-25-35(31-18-7-2-8-19-31)42(38)44(32-20-9-3-10-21-32)33-22-11-4-12-23-33/h1-29,43H. The van der Waals surface area contributed by atoms with Crippen LogP contribution in [0.5, 0.6) is 0 Å². The molecule has 0 saturated heterocycles. The Morgan fingerprint density at radius 3 is 1.52 bits per heavy atom. The van der Waals surface area contributed by atoms with Gasteiger partial charge in [0.2, 0.25) is 0 Å². The summed E-state index contributed by atoms with van der Waals surface area (Å²) < 4.78 is 0. The monoisotopic (exact) mass is 562 g/mol. The summed E-state index contributed by atoms with van der Waals surface area (Å²) in [5.74, 6) is 0. The molecule has 1 aromatic heterocycles. The van der Waals surface area contributed by atoms with Crippen LogP contribution in [-0.4, -0.2) is 4.98 Å². The number of aromatic nitrogens is 1. The molecule has 0 atom stereocenters. The maximum Gasteiger partial charge on any atom is 0.0619 e. The maximum absolute atomic E-state index is 3.84. The normalized spacial score (nSPS) is 11.2. The van der Waals surface area contributed by atoms with Crippen LogP contribution < -0.4 is 4.90 Å². The zero-order valence-corrected chi connectivity index (χ0v) is 24.2. The lowest BCUT2D eigenvalue weighted by Crippen LogP contribution is -2.12. The van der Waals surface area contributed by atoms with Gasteiger partial charge in [0.1, 0.15) is 0 Å². The smallest absolute Gasteiger partial charge is 0.0619 e. The summed E-state index contributed by atoms with van der Waals surface area (Å²) in [5.41, 5.74) is 12.7. The number of hydrogen-bond donors (Lipinski definition) is 1. The number of hydrogen-bond acceptors (Lipinski definition) is 1. The van der Waals surface area contributed by atoms with Gasteiger partial charge in [-0.1, -0.05) is 146 Å². The minimum Gasteiger partial charge on any atom is -0.354 e. The minimum absolute atomic E-state index is 1.11. The molecule has 1 heterocycles. The van der Waals surface area contributed by atoms with Crippen LogP contribution in [0.1, 0.15) is 0 Å². The third-order valence-electron chi connectivity index (χ3n) is 8.41. The van der Waals surface area contributed by atoms with E-state index >= 15 is 0 Å². The lowest BCUT2D eigenvalue weighted by molar-refractivity contribution is 1.28. The number of aromatic amines is 1. The molecule has 0 spiro atoms. The molecule has 0 aliphatic carbocycles. The van der Waals surface area contributed by atoms with Crippen molar-refractivity contribution < 1.29 is 0 Å². The summed E-state index contributed by atoms with van der Waals surface area (Å²) in [6, 6.07) is 62.8. The molecule has 208 valence electrons. The van der Waals surface area contributed by atoms with Gasteiger partial charge in [0.25, 0.3) is 0 Å². The largest absolute Gasteiger partial charge is 0.354 e. The van der Waals surface area contributed by atoms with Gasteiger partial charge >= 0.3 is 0 Å². The van der Waals surface area contributed by atoms with Crippen molar-refractivity contribution >= 4 is 38.9 Å². The molecular formula is C42H30N2. The van der Waals surface area contributed by atoms with Gasteiger partial charge in [0.15, 0.2) is 0 Å². The summed E-state index contributed by atoms with van der Waals surface area (Å²) in [6.07, 6.45) is 0. The fourth-order valence-electron chi connectivity index (χ4n) is 6.45. The van der Waals surface area contributed by atoms with Crippen LogP contribution >= 0.6 is 0 Å². The minimum atomic E-state index is 1.11. The van der Waals surface area contributed by atoms with Gasteiger partial charge in [0, 0.05) is 44.4 Å². The Morgan fingerprint density at radius 1 is 0.364 bits per heavy atom. The van der Waals surface area contributed by atoms with Crippen LogP contribution in [-0.2, 0) is 0 Å². The molecule has 0 aliphatic rings. The Hall–Kier alpha value is -5.86. The molecule has 8 rings (SSSR count). The van der Waals surface area contributed by atoms with Gasteiger partial charge in [-0.2, -0.15) is 0 Å². The number of benzene rings is 7. The molecule has 0 amide bonds. The van der Waals surface area contributed by atoms with E-state index in [1.807, 2.05) is 0 Å². The molecule has 44 heavy (non-hydrogen) atoms. The Kier molecular flexibility index (Phi) is 6.51. The first-order valence-electron chi connectivity index (χ1n) is 15.0. The third kappa shape index (κ3) is 4.45. The fraction of sp³-hybridized carbons (Fsp3) is 0. The molecule has 0 unspecified atom stereocenters. The number of anilines is 3. The van der Waals surface area contributed by atoms with Crippen molar-refractivity contribution in [2.24, 2.45) is 0 Å². The summed E-state index contributed by atoms with van der Waals surface area (Å²) >= 11 is 0. The highest BCUT2D eigenvalue weighted by Crippen LogP contribution is 2.50. The van der Waals surface area contributed by atoms with E-state index in [2.05, 4.69) is 186 Å². The van der Waals surface area contributed by atoms with Gasteiger partial charge in [-0.15, -0.1) is 0 Å². The molecule has 2 nitrogen and oxygen atoms in total. The number of rotatable bonds is 6. The number of nitrogens with zero attached hydrogens (tertiary/aromatic N) is 1. The van der Waals surface area contributed by atoms with E-state index in [0.717, 1.165) is 33.7 Å². The first-order valence-corrected chi connectivity index (χ1v) is 15.0. The molecule has 1 N–H and O–H groups in total. The maximum atomic E-state index is 3.84. The summed E-state index contributed by atoms with van der Waals surface area (Å²) in [6.45, 7) is 0. The topological polar surface area (TPSA) is 19.0 Å². The molecule has 0 fully saturated rings. The van der Waals surface area contributed by atoms with Gasteiger partial charge in [-0.05, 0) is 47.0 Å². The number of H-pyrrole nitrogens is 1. The highest BCUT2D eigenvalue weighted by atomic mass is 15.1. The van der Waals surface area contributed by atoms with E-state index in [9.17, 15) is 0 Å². The van der Waals surface area contributed by atoms with Crippen LogP contribution in [0.2, 0.25) is 0 Å². The second-order valence-corrected chi connectivity index (χ2v) is 11.0. The average Bonchev–Trinajstić information content (AvgIpc) is 3.49. The molecule has 8 aromatic rings. The van der Waals surface area contributed by atoms with Crippen molar-refractivity contribution in [1.29, 1.82) is 0 Å². The SMILES string of the molecule is c1ccc(-c2cccc(-c3c(-c4ccccc4)ccc4c3[nH]c3ccccc34)c2N(c2ccccc2)c2ccccc2)cc1. The molecule has 0 saturated carbocycles. The van der Waals surface area contributed by atoms with Crippen molar-refractivity contribution in [3.8, 4) is 33.4 Å². The van der Waals surface area contributed by atoms with Gasteiger partial charge in [-0.25, -0.2) is 0 Å². The number of para-hydroxylation sites is 4. The average molecular weight is 563 g/mol. The summed E-state index contributed by atoms with van der Waals surface area (Å²) in [4.78, 5) is 6.25. The van der Waals surface area contributed by atoms with Crippen molar-refractivity contribution in [2.75, 3.05) is 4.90 Å². The van der Waals surface area contributed by atoms with E-state index in [1.165, 1.54) is 38.6 Å². The van der Waals surface area contributed by atoms with E-state index in [1.54, 1.807) is 0 Å². The van der Waals surface area contributed by atoms with E-state index in [-0.39, 0.29) is 0 Å². The second kappa shape index (κ2) is 11.1. The second-order valence-electron chi connectivity index (χ2n) is 11.0. The Morgan fingerprint density at radius 2 is 0.886 bits per heavy atom. The Balaban J connectivity index is 1.54. The van der Waals surface area contributed by atoms with Gasteiger partial charge < -0.3 is 9.88 Å². The van der Waals surface area contributed by atoms with E-state index in [4.69, 9.17) is 0 Å². The summed E-state index contributed by atoms with van der Waals surface area (Å²) in [7, 11) is 0. The predicted octanol–water partition coefficient (Wildman–Crippen LogP) is 11.8. The highest BCUT2D eigenvalue weighted by Gasteiger charge is 2.25.